The zero-order valence-corrected chi connectivity index (χ0v) is 20.4. The van der Waals surface area contributed by atoms with Gasteiger partial charge in [0.1, 0.15) is 24.3 Å². The van der Waals surface area contributed by atoms with E-state index in [1.54, 1.807) is 20.8 Å². The molecule has 11 heteroatoms. The van der Waals surface area contributed by atoms with Crippen molar-refractivity contribution in [3.63, 3.8) is 0 Å². The van der Waals surface area contributed by atoms with E-state index in [0.29, 0.717) is 38.8 Å². The molecule has 1 aromatic rings. The lowest BCUT2D eigenvalue weighted by Crippen LogP contribution is -2.57. The fourth-order valence-electron chi connectivity index (χ4n) is 4.66. The highest BCUT2D eigenvalue weighted by Gasteiger charge is 2.48. The van der Waals surface area contributed by atoms with E-state index in [0.717, 1.165) is 5.56 Å². The molecule has 3 aliphatic heterocycles. The van der Waals surface area contributed by atoms with Crippen LogP contribution in [0.5, 0.6) is 0 Å². The number of amides is 5. The van der Waals surface area contributed by atoms with E-state index in [4.69, 9.17) is 9.57 Å². The number of piperidine rings is 1. The molecule has 3 aliphatic rings. The Labute approximate surface area is 204 Å². The molecular weight excluding hydrogens is 454 g/mol. The highest BCUT2D eigenvalue weighted by atomic mass is 16.7. The minimum absolute atomic E-state index is 0.120. The van der Waals surface area contributed by atoms with Gasteiger partial charge >= 0.3 is 12.1 Å². The molecule has 3 atom stereocenters. The second-order valence-electron chi connectivity index (χ2n) is 10.1. The van der Waals surface area contributed by atoms with Gasteiger partial charge < -0.3 is 9.64 Å². The summed E-state index contributed by atoms with van der Waals surface area (Å²) in [7, 11) is 0. The van der Waals surface area contributed by atoms with Crippen molar-refractivity contribution in [2.45, 2.75) is 76.8 Å². The van der Waals surface area contributed by atoms with E-state index < -0.39 is 35.6 Å². The first-order valence-electron chi connectivity index (χ1n) is 12.0. The third-order valence-corrected chi connectivity index (χ3v) is 6.33. The first kappa shape index (κ1) is 24.8. The normalized spacial score (nSPS) is 23.9. The summed E-state index contributed by atoms with van der Waals surface area (Å²) in [5.74, 6) is -0.965. The maximum absolute atomic E-state index is 12.9. The van der Waals surface area contributed by atoms with Gasteiger partial charge in [0.05, 0.1) is 6.04 Å². The van der Waals surface area contributed by atoms with Gasteiger partial charge in [-0.05, 0) is 52.0 Å². The summed E-state index contributed by atoms with van der Waals surface area (Å²) in [6, 6.07) is 7.63. The zero-order valence-electron chi connectivity index (χ0n) is 20.4. The number of carbonyl (C=O) groups is 4. The number of likely N-dealkylation sites (tertiary alicyclic amines) is 1. The lowest BCUT2D eigenvalue weighted by Gasteiger charge is -2.30. The maximum Gasteiger partial charge on any atom is 0.410 e. The lowest BCUT2D eigenvalue weighted by atomic mass is 10.0. The van der Waals surface area contributed by atoms with Crippen molar-refractivity contribution in [2.75, 3.05) is 13.1 Å². The van der Waals surface area contributed by atoms with Gasteiger partial charge in [0.25, 0.3) is 11.8 Å². The average molecular weight is 488 g/mol. The van der Waals surface area contributed by atoms with Crippen molar-refractivity contribution in [1.82, 2.24) is 25.7 Å². The van der Waals surface area contributed by atoms with Crippen molar-refractivity contribution in [2.24, 2.45) is 0 Å². The summed E-state index contributed by atoms with van der Waals surface area (Å²) < 4.78 is 5.38. The number of nitrogens with one attached hydrogen (secondary N) is 2. The Morgan fingerprint density at radius 1 is 1.00 bits per heavy atom. The van der Waals surface area contributed by atoms with E-state index in [-0.39, 0.29) is 18.7 Å². The van der Waals surface area contributed by atoms with Crippen LogP contribution < -0.4 is 10.9 Å². The molecule has 3 heterocycles. The Kier molecular flexibility index (Phi) is 7.15. The Balaban J connectivity index is 1.29. The quantitative estimate of drug-likeness (QED) is 0.613. The van der Waals surface area contributed by atoms with Gasteiger partial charge in [-0.2, -0.15) is 5.06 Å². The van der Waals surface area contributed by atoms with E-state index in [9.17, 15) is 19.2 Å². The Hall–Kier alpha value is -3.34. The second-order valence-corrected chi connectivity index (χ2v) is 10.1. The average Bonchev–Trinajstić information content (AvgIpc) is 3.40. The van der Waals surface area contributed by atoms with Crippen molar-refractivity contribution in [3.05, 3.63) is 35.9 Å². The topological polar surface area (TPSA) is 121 Å². The number of hydrazine groups is 1. The summed E-state index contributed by atoms with van der Waals surface area (Å²) in [5.41, 5.74) is 5.15. The van der Waals surface area contributed by atoms with E-state index >= 15 is 0 Å². The Bertz CT molecular complexity index is 965. The van der Waals surface area contributed by atoms with E-state index in [2.05, 4.69) is 10.9 Å². The molecule has 4 rings (SSSR count). The molecule has 5 amide bonds. The molecular formula is C24H33N5O6. The number of ether oxygens (including phenoxy) is 1. The first-order chi connectivity index (χ1) is 16.6. The molecule has 3 saturated heterocycles. The molecule has 0 spiro atoms. The molecule has 3 fully saturated rings. The largest absolute Gasteiger partial charge is 0.444 e. The third kappa shape index (κ3) is 5.67. The molecule has 2 bridgehead atoms. The predicted octanol–water partition coefficient (Wildman–Crippen LogP) is 1.93. The predicted molar refractivity (Wildman–Crippen MR) is 124 cm³/mol. The fourth-order valence-corrected chi connectivity index (χ4v) is 4.66. The number of hydrogen-bond donors (Lipinski definition) is 2. The van der Waals surface area contributed by atoms with Gasteiger partial charge in [-0.3, -0.25) is 30.2 Å². The second kappa shape index (κ2) is 10.1. The number of benzene rings is 1. The van der Waals surface area contributed by atoms with Gasteiger partial charge in [0.15, 0.2) is 0 Å². The van der Waals surface area contributed by atoms with Crippen molar-refractivity contribution in [3.8, 4) is 0 Å². The van der Waals surface area contributed by atoms with Crippen LogP contribution >= 0.6 is 0 Å². The molecule has 190 valence electrons. The van der Waals surface area contributed by atoms with E-state index in [1.165, 1.54) is 14.9 Å². The number of hydrogen-bond acceptors (Lipinski definition) is 6. The van der Waals surface area contributed by atoms with Crippen LogP contribution in [-0.4, -0.2) is 75.6 Å². The Morgan fingerprint density at radius 3 is 2.37 bits per heavy atom. The highest BCUT2D eigenvalue weighted by Crippen LogP contribution is 2.30. The van der Waals surface area contributed by atoms with Crippen LogP contribution in [0.3, 0.4) is 0 Å². The molecule has 1 aromatic carbocycles. The number of carbonyl (C=O) groups excluding carboxylic acids is 4. The number of hydroxylamine groups is 2. The van der Waals surface area contributed by atoms with Gasteiger partial charge in [-0.1, -0.05) is 30.3 Å². The van der Waals surface area contributed by atoms with E-state index in [1.807, 2.05) is 30.3 Å². The number of nitrogens with zero attached hydrogens (tertiary/aromatic N) is 3. The molecule has 0 aliphatic carbocycles. The zero-order chi connectivity index (χ0) is 25.2. The van der Waals surface area contributed by atoms with Crippen LogP contribution in [0.4, 0.5) is 9.59 Å². The summed E-state index contributed by atoms with van der Waals surface area (Å²) in [6.07, 6.45) is 1.65. The smallest absolute Gasteiger partial charge is 0.410 e. The van der Waals surface area contributed by atoms with Crippen LogP contribution in [-0.2, 0) is 25.8 Å². The van der Waals surface area contributed by atoms with Crippen molar-refractivity contribution < 1.29 is 28.8 Å². The van der Waals surface area contributed by atoms with Crippen LogP contribution in [0, 0.1) is 0 Å². The van der Waals surface area contributed by atoms with Crippen LogP contribution in [0.2, 0.25) is 0 Å². The summed E-state index contributed by atoms with van der Waals surface area (Å²) >= 11 is 0. The molecule has 0 saturated carbocycles. The van der Waals surface area contributed by atoms with Gasteiger partial charge in [-0.15, -0.1) is 0 Å². The van der Waals surface area contributed by atoms with Crippen molar-refractivity contribution in [1.29, 1.82) is 0 Å². The lowest BCUT2D eigenvalue weighted by molar-refractivity contribution is -0.140. The summed E-state index contributed by atoms with van der Waals surface area (Å²) in [5, 5.41) is 1.36. The number of fused-ring (bicyclic) bond motifs is 2. The minimum Gasteiger partial charge on any atom is -0.444 e. The molecule has 2 N–H and O–H groups in total. The molecule has 0 aromatic heterocycles. The molecule has 11 nitrogen and oxygen atoms in total. The van der Waals surface area contributed by atoms with Gasteiger partial charge in [0.2, 0.25) is 0 Å². The maximum atomic E-state index is 12.9. The highest BCUT2D eigenvalue weighted by molar-refractivity contribution is 5.91. The van der Waals surface area contributed by atoms with Gasteiger partial charge in [-0.25, -0.2) is 9.59 Å². The molecule has 0 radical (unpaired) electrons. The molecule has 35 heavy (non-hydrogen) atoms. The van der Waals surface area contributed by atoms with Crippen LogP contribution in [0.15, 0.2) is 30.3 Å². The monoisotopic (exact) mass is 487 g/mol. The third-order valence-electron chi connectivity index (χ3n) is 6.33. The summed E-state index contributed by atoms with van der Waals surface area (Å²) in [4.78, 5) is 59.5. The fraction of sp³-hybridized carbons (Fsp3) is 0.583. The van der Waals surface area contributed by atoms with Crippen LogP contribution in [0.25, 0.3) is 0 Å². The van der Waals surface area contributed by atoms with Gasteiger partial charge in [0, 0.05) is 13.1 Å². The summed E-state index contributed by atoms with van der Waals surface area (Å²) in [6.45, 7) is 6.34. The first-order valence-corrected chi connectivity index (χ1v) is 12.0. The van der Waals surface area contributed by atoms with Crippen LogP contribution in [0.1, 0.15) is 52.0 Å². The Morgan fingerprint density at radius 2 is 1.69 bits per heavy atom. The number of rotatable bonds is 5. The molecule has 2 unspecified atom stereocenters. The minimum atomic E-state index is -0.726. The van der Waals surface area contributed by atoms with Crippen molar-refractivity contribution >= 4 is 23.9 Å². The number of urea groups is 1. The standard InChI is InChI=1S/C24H33N5O6/c1-24(2,3)35-23(33)27-13-7-10-18(27)20(30)25-26-21(31)19-12-11-17-14-28(19)22(32)29(17)34-15-16-8-5-4-6-9-16/h4-6,8-9,17-19H,7,10-15H2,1-3H3,(H,25,30)(H,26,31)/t17?,18-,19?/m0/s1. The SMILES string of the molecule is CC(C)(C)OC(=O)N1CCC[C@H]1C(=O)NNC(=O)C1CCC2CN1C(=O)N2OCc1ccccc1.